The van der Waals surface area contributed by atoms with Gasteiger partial charge in [0.15, 0.2) is 0 Å². The molecule has 3 heteroatoms. The summed E-state index contributed by atoms with van der Waals surface area (Å²) in [5.74, 6) is 0.833. The molecule has 0 aliphatic carbocycles. The summed E-state index contributed by atoms with van der Waals surface area (Å²) >= 11 is 5.97. The van der Waals surface area contributed by atoms with Gasteiger partial charge in [0.05, 0.1) is 0 Å². The highest BCUT2D eigenvalue weighted by molar-refractivity contribution is 6.30. The molecule has 1 aromatic carbocycles. The Morgan fingerprint density at radius 2 is 2.05 bits per heavy atom. The molecule has 1 heterocycles. The Morgan fingerprint density at radius 3 is 2.65 bits per heavy atom. The molecule has 0 radical (unpaired) electrons. The quantitative estimate of drug-likeness (QED) is 0.897. The second-order valence-electron chi connectivity index (χ2n) is 6.37. The Kier molecular flexibility index (Phi) is 5.48. The minimum Gasteiger partial charge on any atom is -0.329 e. The van der Waals surface area contributed by atoms with Crippen molar-refractivity contribution >= 4 is 11.6 Å². The summed E-state index contributed by atoms with van der Waals surface area (Å²) in [5, 5.41) is 0.798. The van der Waals surface area contributed by atoms with Crippen molar-refractivity contribution in [2.45, 2.75) is 45.1 Å². The van der Waals surface area contributed by atoms with Gasteiger partial charge >= 0.3 is 0 Å². The Hall–Kier alpha value is -0.570. The van der Waals surface area contributed by atoms with Crippen molar-refractivity contribution in [2.24, 2.45) is 11.7 Å². The van der Waals surface area contributed by atoms with Crippen LogP contribution >= 0.6 is 11.6 Å². The van der Waals surface area contributed by atoms with Gasteiger partial charge in [0.2, 0.25) is 0 Å². The molecule has 2 unspecified atom stereocenters. The highest BCUT2D eigenvalue weighted by Crippen LogP contribution is 2.28. The number of benzene rings is 1. The molecule has 1 aromatic rings. The van der Waals surface area contributed by atoms with Gasteiger partial charge < -0.3 is 5.73 Å². The molecule has 0 spiro atoms. The van der Waals surface area contributed by atoms with Crippen molar-refractivity contribution in [2.75, 3.05) is 19.6 Å². The van der Waals surface area contributed by atoms with Gasteiger partial charge in [0.1, 0.15) is 0 Å². The third-order valence-electron chi connectivity index (χ3n) is 4.80. The first-order valence-corrected chi connectivity index (χ1v) is 8.15. The molecule has 112 valence electrons. The van der Waals surface area contributed by atoms with E-state index in [1.54, 1.807) is 0 Å². The molecule has 1 saturated heterocycles. The number of likely N-dealkylation sites (tertiary alicyclic amines) is 1. The Balaban J connectivity index is 2.09. The van der Waals surface area contributed by atoms with Gasteiger partial charge in [0, 0.05) is 23.7 Å². The van der Waals surface area contributed by atoms with Crippen LogP contribution in [0.4, 0.5) is 0 Å². The van der Waals surface area contributed by atoms with E-state index in [-0.39, 0.29) is 5.54 Å². The molecular formula is C17H27ClN2. The van der Waals surface area contributed by atoms with Gasteiger partial charge in [-0.05, 0) is 56.3 Å². The first-order valence-electron chi connectivity index (χ1n) is 7.77. The fourth-order valence-electron chi connectivity index (χ4n) is 3.24. The number of piperidine rings is 1. The molecule has 2 rings (SSSR count). The van der Waals surface area contributed by atoms with Crippen molar-refractivity contribution in [1.82, 2.24) is 4.90 Å². The van der Waals surface area contributed by atoms with E-state index in [9.17, 15) is 0 Å². The molecule has 2 atom stereocenters. The Labute approximate surface area is 128 Å². The van der Waals surface area contributed by atoms with Crippen LogP contribution in [-0.4, -0.2) is 30.1 Å². The maximum absolute atomic E-state index is 6.13. The summed E-state index contributed by atoms with van der Waals surface area (Å²) < 4.78 is 0. The lowest BCUT2D eigenvalue weighted by atomic mass is 9.86. The molecule has 0 bridgehead atoms. The zero-order valence-corrected chi connectivity index (χ0v) is 13.5. The van der Waals surface area contributed by atoms with Crippen LogP contribution in [0.25, 0.3) is 0 Å². The van der Waals surface area contributed by atoms with Crippen LogP contribution in [0.1, 0.15) is 38.7 Å². The highest BCUT2D eigenvalue weighted by Gasteiger charge is 2.33. The number of nitrogens with zero attached hydrogens (tertiary/aromatic N) is 1. The molecule has 1 fully saturated rings. The van der Waals surface area contributed by atoms with Crippen LogP contribution < -0.4 is 5.73 Å². The third kappa shape index (κ3) is 3.75. The molecule has 0 aromatic heterocycles. The molecule has 0 amide bonds. The lowest BCUT2D eigenvalue weighted by Crippen LogP contribution is -2.56. The van der Waals surface area contributed by atoms with Crippen LogP contribution in [0, 0.1) is 5.92 Å². The molecule has 20 heavy (non-hydrogen) atoms. The van der Waals surface area contributed by atoms with Crippen molar-refractivity contribution in [3.05, 3.63) is 34.9 Å². The maximum atomic E-state index is 6.13. The van der Waals surface area contributed by atoms with E-state index in [4.69, 9.17) is 17.3 Å². The SMILES string of the molecule is CCC1CCCN(C(C)(CN)Cc2ccc(Cl)cc2)C1. The second kappa shape index (κ2) is 6.93. The van der Waals surface area contributed by atoms with Crippen molar-refractivity contribution in [3.63, 3.8) is 0 Å². The highest BCUT2D eigenvalue weighted by atomic mass is 35.5. The zero-order chi connectivity index (χ0) is 14.6. The van der Waals surface area contributed by atoms with E-state index < -0.39 is 0 Å². The molecule has 1 aliphatic rings. The number of rotatable bonds is 5. The lowest BCUT2D eigenvalue weighted by molar-refractivity contribution is 0.0586. The summed E-state index contributed by atoms with van der Waals surface area (Å²) in [4.78, 5) is 2.61. The number of hydrogen-bond acceptors (Lipinski definition) is 2. The topological polar surface area (TPSA) is 29.3 Å². The van der Waals surface area contributed by atoms with Gasteiger partial charge in [-0.2, -0.15) is 0 Å². The monoisotopic (exact) mass is 294 g/mol. The fraction of sp³-hybridized carbons (Fsp3) is 0.647. The summed E-state index contributed by atoms with van der Waals surface area (Å²) in [7, 11) is 0. The Bertz CT molecular complexity index is 418. The second-order valence-corrected chi connectivity index (χ2v) is 6.80. The largest absolute Gasteiger partial charge is 0.329 e. The number of hydrogen-bond donors (Lipinski definition) is 1. The first-order chi connectivity index (χ1) is 9.57. The molecule has 0 saturated carbocycles. The zero-order valence-electron chi connectivity index (χ0n) is 12.7. The maximum Gasteiger partial charge on any atom is 0.0406 e. The van der Waals surface area contributed by atoms with E-state index in [0.29, 0.717) is 6.54 Å². The average molecular weight is 295 g/mol. The molecule has 2 nitrogen and oxygen atoms in total. The molecular weight excluding hydrogens is 268 g/mol. The van der Waals surface area contributed by atoms with E-state index in [1.807, 2.05) is 12.1 Å². The predicted molar refractivity (Wildman–Crippen MR) is 87.2 cm³/mol. The minimum atomic E-state index is 0.0572. The summed E-state index contributed by atoms with van der Waals surface area (Å²) in [6.45, 7) is 7.68. The van der Waals surface area contributed by atoms with Gasteiger partial charge in [-0.25, -0.2) is 0 Å². The minimum absolute atomic E-state index is 0.0572. The van der Waals surface area contributed by atoms with Crippen LogP contribution in [0.3, 0.4) is 0 Å². The first kappa shape index (κ1) is 15.8. The number of halogens is 1. The van der Waals surface area contributed by atoms with E-state index >= 15 is 0 Å². The van der Waals surface area contributed by atoms with Crippen LogP contribution in [0.5, 0.6) is 0 Å². The smallest absolute Gasteiger partial charge is 0.0406 e. The van der Waals surface area contributed by atoms with E-state index in [1.165, 1.54) is 37.9 Å². The van der Waals surface area contributed by atoms with Gasteiger partial charge in [0.25, 0.3) is 0 Å². The van der Waals surface area contributed by atoms with Crippen molar-refractivity contribution in [3.8, 4) is 0 Å². The van der Waals surface area contributed by atoms with Crippen molar-refractivity contribution < 1.29 is 0 Å². The normalized spacial score (nSPS) is 23.5. The van der Waals surface area contributed by atoms with Gasteiger partial charge in [-0.3, -0.25) is 4.90 Å². The third-order valence-corrected chi connectivity index (χ3v) is 5.05. The predicted octanol–water partition coefficient (Wildman–Crippen LogP) is 3.72. The van der Waals surface area contributed by atoms with Crippen LogP contribution in [-0.2, 0) is 6.42 Å². The summed E-state index contributed by atoms with van der Waals surface area (Å²) in [6.07, 6.45) is 4.94. The van der Waals surface area contributed by atoms with E-state index in [0.717, 1.165) is 17.4 Å². The van der Waals surface area contributed by atoms with Crippen LogP contribution in [0.15, 0.2) is 24.3 Å². The fourth-order valence-corrected chi connectivity index (χ4v) is 3.37. The standard InChI is InChI=1S/C17H27ClN2/c1-3-14-5-4-10-20(12-14)17(2,13-19)11-15-6-8-16(18)9-7-15/h6-9,14H,3-5,10-13,19H2,1-2H3. The molecule has 2 N–H and O–H groups in total. The van der Waals surface area contributed by atoms with Gasteiger partial charge in [-0.1, -0.05) is 37.1 Å². The van der Waals surface area contributed by atoms with Gasteiger partial charge in [-0.15, -0.1) is 0 Å². The van der Waals surface area contributed by atoms with Crippen LogP contribution in [0.2, 0.25) is 5.02 Å². The lowest BCUT2D eigenvalue weighted by Gasteiger charge is -2.45. The van der Waals surface area contributed by atoms with Crippen molar-refractivity contribution in [1.29, 1.82) is 0 Å². The average Bonchev–Trinajstić information content (AvgIpc) is 2.49. The Morgan fingerprint density at radius 1 is 1.35 bits per heavy atom. The summed E-state index contributed by atoms with van der Waals surface area (Å²) in [6, 6.07) is 8.19. The molecule has 1 aliphatic heterocycles. The summed E-state index contributed by atoms with van der Waals surface area (Å²) in [5.41, 5.74) is 7.51. The number of nitrogens with two attached hydrogens (primary N) is 1. The van der Waals surface area contributed by atoms with E-state index in [2.05, 4.69) is 30.9 Å².